The molecular formula is C19H20N2O4. The summed E-state index contributed by atoms with van der Waals surface area (Å²) in [5.41, 5.74) is 2.73. The number of rotatable bonds is 5. The minimum absolute atomic E-state index is 0.0118. The van der Waals surface area contributed by atoms with E-state index in [1.807, 2.05) is 24.3 Å². The summed E-state index contributed by atoms with van der Waals surface area (Å²) in [6, 6.07) is 14.1. The zero-order valence-electron chi connectivity index (χ0n) is 13.8. The van der Waals surface area contributed by atoms with Gasteiger partial charge in [0.15, 0.2) is 0 Å². The number of aromatic carboxylic acids is 1. The summed E-state index contributed by atoms with van der Waals surface area (Å²) in [7, 11) is 0. The average molecular weight is 340 g/mol. The first-order chi connectivity index (χ1) is 12.1. The molecule has 0 atom stereocenters. The lowest BCUT2D eigenvalue weighted by Gasteiger charge is -2.27. The molecule has 1 amide bonds. The summed E-state index contributed by atoms with van der Waals surface area (Å²) >= 11 is 0. The third-order valence-corrected chi connectivity index (χ3v) is 4.11. The minimum Gasteiger partial charge on any atom is -0.478 e. The number of nitrogens with one attached hydrogen (secondary N) is 1. The summed E-state index contributed by atoms with van der Waals surface area (Å²) < 4.78 is 5.28. The zero-order valence-corrected chi connectivity index (χ0v) is 13.8. The van der Waals surface area contributed by atoms with Crippen LogP contribution >= 0.6 is 0 Å². The van der Waals surface area contributed by atoms with Crippen molar-refractivity contribution in [2.24, 2.45) is 0 Å². The van der Waals surface area contributed by atoms with E-state index >= 15 is 0 Å². The number of amides is 1. The number of morpholine rings is 1. The average Bonchev–Trinajstić information content (AvgIpc) is 2.67. The van der Waals surface area contributed by atoms with Gasteiger partial charge in [-0.15, -0.1) is 0 Å². The van der Waals surface area contributed by atoms with Crippen LogP contribution in [0.2, 0.25) is 0 Å². The summed E-state index contributed by atoms with van der Waals surface area (Å²) in [6.07, 6.45) is 0. The zero-order chi connectivity index (χ0) is 17.6. The molecule has 0 saturated carbocycles. The van der Waals surface area contributed by atoms with Gasteiger partial charge in [0.05, 0.1) is 18.8 Å². The van der Waals surface area contributed by atoms with E-state index in [1.165, 1.54) is 0 Å². The number of carboxylic acid groups (broad SMARTS) is 1. The van der Waals surface area contributed by atoms with Gasteiger partial charge in [-0.25, -0.2) is 4.79 Å². The smallest absolute Gasteiger partial charge is 0.335 e. The molecule has 1 heterocycles. The molecule has 2 N–H and O–H groups in total. The second-order valence-corrected chi connectivity index (χ2v) is 5.84. The molecule has 0 aliphatic carbocycles. The Morgan fingerprint density at radius 1 is 1.04 bits per heavy atom. The maximum absolute atomic E-state index is 12.5. The summed E-state index contributed by atoms with van der Waals surface area (Å²) in [5.74, 6) is -0.924. The highest BCUT2D eigenvalue weighted by Crippen LogP contribution is 2.15. The number of benzene rings is 2. The van der Waals surface area contributed by atoms with Crippen LogP contribution in [0.1, 0.15) is 26.3 Å². The van der Waals surface area contributed by atoms with E-state index in [0.717, 1.165) is 11.3 Å². The molecule has 2 aromatic carbocycles. The van der Waals surface area contributed by atoms with Gasteiger partial charge >= 0.3 is 5.97 Å². The van der Waals surface area contributed by atoms with Gasteiger partial charge in [-0.2, -0.15) is 0 Å². The van der Waals surface area contributed by atoms with Crippen LogP contribution < -0.4 is 5.32 Å². The third kappa shape index (κ3) is 4.36. The topological polar surface area (TPSA) is 78.9 Å². The lowest BCUT2D eigenvalue weighted by atomic mass is 10.1. The van der Waals surface area contributed by atoms with E-state index in [1.54, 1.807) is 29.2 Å². The number of carbonyl (C=O) groups is 2. The maximum atomic E-state index is 12.5. The van der Waals surface area contributed by atoms with Crippen molar-refractivity contribution in [3.05, 3.63) is 65.2 Å². The van der Waals surface area contributed by atoms with Crippen molar-refractivity contribution in [2.45, 2.75) is 6.54 Å². The number of nitrogens with zero attached hydrogens (tertiary/aromatic N) is 1. The second-order valence-electron chi connectivity index (χ2n) is 5.84. The van der Waals surface area contributed by atoms with Crippen LogP contribution in [0.3, 0.4) is 0 Å². The molecule has 1 aliphatic rings. The van der Waals surface area contributed by atoms with E-state index in [-0.39, 0.29) is 11.5 Å². The highest BCUT2D eigenvalue weighted by atomic mass is 16.5. The van der Waals surface area contributed by atoms with Crippen molar-refractivity contribution >= 4 is 17.6 Å². The van der Waals surface area contributed by atoms with Gasteiger partial charge in [0.2, 0.25) is 0 Å². The van der Waals surface area contributed by atoms with Crippen LogP contribution in [0.15, 0.2) is 48.5 Å². The quantitative estimate of drug-likeness (QED) is 0.874. The van der Waals surface area contributed by atoms with Crippen LogP contribution in [0.5, 0.6) is 0 Å². The van der Waals surface area contributed by atoms with Gasteiger partial charge in [-0.05, 0) is 35.9 Å². The number of hydrogen-bond acceptors (Lipinski definition) is 4. The molecule has 1 aliphatic heterocycles. The fraction of sp³-hybridized carbons (Fsp3) is 0.263. The van der Waals surface area contributed by atoms with Crippen molar-refractivity contribution < 1.29 is 19.4 Å². The summed E-state index contributed by atoms with van der Waals surface area (Å²) in [5, 5.41) is 12.2. The molecular weight excluding hydrogens is 320 g/mol. The van der Waals surface area contributed by atoms with Crippen LogP contribution in [-0.4, -0.2) is 48.2 Å². The van der Waals surface area contributed by atoms with Gasteiger partial charge in [-0.3, -0.25) is 4.79 Å². The highest BCUT2D eigenvalue weighted by molar-refractivity contribution is 5.95. The van der Waals surface area contributed by atoms with E-state index in [9.17, 15) is 9.59 Å². The van der Waals surface area contributed by atoms with E-state index in [2.05, 4.69) is 5.32 Å². The molecule has 0 spiro atoms. The first-order valence-electron chi connectivity index (χ1n) is 8.17. The van der Waals surface area contributed by atoms with E-state index in [4.69, 9.17) is 9.84 Å². The summed E-state index contributed by atoms with van der Waals surface area (Å²) in [4.78, 5) is 25.2. The Hall–Kier alpha value is -2.86. The Kier molecular flexibility index (Phi) is 5.30. The first-order valence-corrected chi connectivity index (χ1v) is 8.17. The molecule has 3 rings (SSSR count). The van der Waals surface area contributed by atoms with Crippen molar-refractivity contribution in [1.82, 2.24) is 4.90 Å². The molecule has 2 aromatic rings. The van der Waals surface area contributed by atoms with Gasteiger partial charge in [-0.1, -0.05) is 18.2 Å². The van der Waals surface area contributed by atoms with Crippen molar-refractivity contribution in [3.63, 3.8) is 0 Å². The minimum atomic E-state index is -0.936. The predicted octanol–water partition coefficient (Wildman–Crippen LogP) is 2.47. The number of anilines is 1. The molecule has 25 heavy (non-hydrogen) atoms. The number of carboxylic acids is 1. The van der Waals surface area contributed by atoms with Gasteiger partial charge in [0.25, 0.3) is 5.91 Å². The standard InChI is InChI=1S/C19H20N2O4/c22-18(21-8-10-25-11-9-21)16-2-1-3-17(12-16)20-13-14-4-6-15(7-5-14)19(23)24/h1-7,12,20H,8-11,13H2,(H,23,24). The highest BCUT2D eigenvalue weighted by Gasteiger charge is 2.18. The van der Waals surface area contributed by atoms with Crippen LogP contribution in [0.25, 0.3) is 0 Å². The van der Waals surface area contributed by atoms with Gasteiger partial charge in [0.1, 0.15) is 0 Å². The SMILES string of the molecule is O=C(O)c1ccc(CNc2cccc(C(=O)N3CCOCC3)c2)cc1. The van der Waals surface area contributed by atoms with Crippen LogP contribution in [0.4, 0.5) is 5.69 Å². The van der Waals surface area contributed by atoms with E-state index < -0.39 is 5.97 Å². The van der Waals surface area contributed by atoms with Crippen molar-refractivity contribution in [2.75, 3.05) is 31.6 Å². The van der Waals surface area contributed by atoms with Crippen LogP contribution in [0, 0.1) is 0 Å². The molecule has 1 fully saturated rings. The molecule has 0 radical (unpaired) electrons. The first kappa shape index (κ1) is 17.0. The Morgan fingerprint density at radius 3 is 2.44 bits per heavy atom. The molecule has 0 bridgehead atoms. The lowest BCUT2D eigenvalue weighted by molar-refractivity contribution is 0.0303. The Morgan fingerprint density at radius 2 is 1.76 bits per heavy atom. The second kappa shape index (κ2) is 7.81. The maximum Gasteiger partial charge on any atom is 0.335 e. The molecule has 6 heteroatoms. The Balaban J connectivity index is 1.63. The van der Waals surface area contributed by atoms with E-state index in [0.29, 0.717) is 38.4 Å². The number of ether oxygens (including phenoxy) is 1. The molecule has 1 saturated heterocycles. The summed E-state index contributed by atoms with van der Waals surface area (Å²) in [6.45, 7) is 2.94. The fourth-order valence-corrected chi connectivity index (χ4v) is 2.68. The Bertz CT molecular complexity index is 752. The molecule has 6 nitrogen and oxygen atoms in total. The molecule has 0 aromatic heterocycles. The molecule has 0 unspecified atom stereocenters. The van der Waals surface area contributed by atoms with Crippen molar-refractivity contribution in [3.8, 4) is 0 Å². The Labute approximate surface area is 146 Å². The number of carbonyl (C=O) groups excluding carboxylic acids is 1. The predicted molar refractivity (Wildman–Crippen MR) is 93.9 cm³/mol. The van der Waals surface area contributed by atoms with Crippen molar-refractivity contribution in [1.29, 1.82) is 0 Å². The molecule has 130 valence electrons. The lowest BCUT2D eigenvalue weighted by Crippen LogP contribution is -2.40. The number of hydrogen-bond donors (Lipinski definition) is 2. The van der Waals surface area contributed by atoms with Gasteiger partial charge < -0.3 is 20.1 Å². The monoisotopic (exact) mass is 340 g/mol. The largest absolute Gasteiger partial charge is 0.478 e. The van der Waals surface area contributed by atoms with Gasteiger partial charge in [0, 0.05) is 30.9 Å². The normalized spacial score (nSPS) is 14.2. The van der Waals surface area contributed by atoms with Crippen LogP contribution in [-0.2, 0) is 11.3 Å². The third-order valence-electron chi connectivity index (χ3n) is 4.11. The fourth-order valence-electron chi connectivity index (χ4n) is 2.68.